The van der Waals surface area contributed by atoms with Crippen LogP contribution in [0.2, 0.25) is 0 Å². The highest BCUT2D eigenvalue weighted by molar-refractivity contribution is 6.19. The summed E-state index contributed by atoms with van der Waals surface area (Å²) < 4.78 is 13.4. The van der Waals surface area contributed by atoms with E-state index in [9.17, 15) is 0 Å². The van der Waals surface area contributed by atoms with Gasteiger partial charge in [0, 0.05) is 18.6 Å². The monoisotopic (exact) mass is 437 g/mol. The molecule has 0 fully saturated rings. The summed E-state index contributed by atoms with van der Waals surface area (Å²) in [6.45, 7) is 2.37. The van der Waals surface area contributed by atoms with Gasteiger partial charge >= 0.3 is 0 Å². The number of fused-ring (bicyclic) bond motifs is 1. The molecule has 3 atom stereocenters. The van der Waals surface area contributed by atoms with E-state index in [2.05, 4.69) is 9.97 Å². The number of ether oxygens (including phenoxy) is 2. The molecule has 0 spiro atoms. The van der Waals surface area contributed by atoms with Crippen molar-refractivity contribution in [1.82, 2.24) is 19.5 Å². The third-order valence-electron chi connectivity index (χ3n) is 5.08. The summed E-state index contributed by atoms with van der Waals surface area (Å²) in [7, 11) is 1.64. The average molecular weight is 438 g/mol. The van der Waals surface area contributed by atoms with Crippen LogP contribution in [0.3, 0.4) is 0 Å². The number of halogens is 1. The molecule has 2 N–H and O–H groups in total. The molecule has 0 bridgehead atoms. The standard InChI is InChI=1S/C23H24ClN5O2/c1-15(13-31-19(24)16-9-5-3-6-10-16)21-27-18-20(25)26-14-29(22(18)28-21)23(30-2)17-11-7-4-8-12-17/h3-12,14-15,19,23,25H,13H2,1-2H3,(H,27,28). The van der Waals surface area contributed by atoms with Crippen LogP contribution in [0.4, 0.5) is 0 Å². The Morgan fingerprint density at radius 1 is 1.06 bits per heavy atom. The molecule has 2 heterocycles. The summed E-state index contributed by atoms with van der Waals surface area (Å²) >= 11 is 6.38. The highest BCUT2D eigenvalue weighted by Gasteiger charge is 2.20. The van der Waals surface area contributed by atoms with E-state index in [0.29, 0.717) is 23.6 Å². The summed E-state index contributed by atoms with van der Waals surface area (Å²) in [4.78, 5) is 12.2. The topological polar surface area (TPSA) is 88.8 Å². The molecule has 0 saturated heterocycles. The number of methoxy groups -OCH3 is 1. The van der Waals surface area contributed by atoms with Gasteiger partial charge in [-0.15, -0.1) is 0 Å². The van der Waals surface area contributed by atoms with Crippen molar-refractivity contribution in [2.24, 2.45) is 0 Å². The fourth-order valence-corrected chi connectivity index (χ4v) is 3.63. The number of nitrogens with zero attached hydrogens (tertiary/aromatic N) is 3. The number of benzene rings is 2. The van der Waals surface area contributed by atoms with Gasteiger partial charge in [-0.3, -0.25) is 9.98 Å². The van der Waals surface area contributed by atoms with Crippen LogP contribution in [0, 0.1) is 5.41 Å². The van der Waals surface area contributed by atoms with Crippen LogP contribution in [0.5, 0.6) is 0 Å². The zero-order chi connectivity index (χ0) is 21.8. The van der Waals surface area contributed by atoms with Gasteiger partial charge in [-0.1, -0.05) is 79.2 Å². The lowest BCUT2D eigenvalue weighted by Gasteiger charge is -2.19. The molecule has 0 radical (unpaired) electrons. The number of rotatable bonds is 8. The maximum Gasteiger partial charge on any atom is 0.173 e. The van der Waals surface area contributed by atoms with Gasteiger partial charge in [0.25, 0.3) is 0 Å². The molecular formula is C23H24ClN5O2. The lowest BCUT2D eigenvalue weighted by Crippen LogP contribution is -2.19. The third-order valence-corrected chi connectivity index (χ3v) is 5.46. The lowest BCUT2D eigenvalue weighted by atomic mass is 10.2. The molecule has 31 heavy (non-hydrogen) atoms. The van der Waals surface area contributed by atoms with E-state index in [1.165, 1.54) is 0 Å². The maximum atomic E-state index is 8.21. The Kier molecular flexibility index (Phi) is 6.46. The first kappa shape index (κ1) is 21.2. The van der Waals surface area contributed by atoms with Crippen molar-refractivity contribution in [2.75, 3.05) is 13.7 Å². The number of aromatic nitrogens is 4. The van der Waals surface area contributed by atoms with Gasteiger partial charge in [0.2, 0.25) is 0 Å². The van der Waals surface area contributed by atoms with Crippen LogP contribution in [-0.2, 0) is 9.47 Å². The quantitative estimate of drug-likeness (QED) is 0.397. The summed E-state index contributed by atoms with van der Waals surface area (Å²) in [5, 5.41) is 8.21. The first-order valence-electron chi connectivity index (χ1n) is 9.98. The number of imidazole rings is 1. The molecule has 3 unspecified atom stereocenters. The molecule has 160 valence electrons. The van der Waals surface area contributed by atoms with Crippen LogP contribution in [0.15, 0.2) is 67.0 Å². The van der Waals surface area contributed by atoms with Gasteiger partial charge in [-0.2, -0.15) is 0 Å². The SMILES string of the molecule is COC(c1ccccc1)n1cnc(=N)c2[nH]c(C(C)COC(Cl)c3ccccc3)nc21. The maximum absolute atomic E-state index is 8.21. The largest absolute Gasteiger partial charge is 0.357 e. The van der Waals surface area contributed by atoms with E-state index in [-0.39, 0.29) is 11.4 Å². The molecule has 0 aliphatic rings. The molecule has 4 rings (SSSR count). The Balaban J connectivity index is 1.61. The summed E-state index contributed by atoms with van der Waals surface area (Å²) in [5.41, 5.74) is 2.60. The second-order valence-electron chi connectivity index (χ2n) is 7.28. The number of aromatic amines is 1. The number of hydrogen-bond acceptors (Lipinski definition) is 5. The highest BCUT2D eigenvalue weighted by Crippen LogP contribution is 2.26. The van der Waals surface area contributed by atoms with E-state index in [1.54, 1.807) is 13.4 Å². The van der Waals surface area contributed by atoms with Crippen molar-refractivity contribution < 1.29 is 9.47 Å². The number of alkyl halides is 1. The van der Waals surface area contributed by atoms with Gasteiger partial charge in [0.05, 0.1) is 6.61 Å². The van der Waals surface area contributed by atoms with Gasteiger partial charge in [-0.05, 0) is 5.56 Å². The molecule has 7 nitrogen and oxygen atoms in total. The van der Waals surface area contributed by atoms with Crippen LogP contribution < -0.4 is 5.49 Å². The van der Waals surface area contributed by atoms with Crippen molar-refractivity contribution >= 4 is 22.8 Å². The van der Waals surface area contributed by atoms with Gasteiger partial charge in [0.1, 0.15) is 17.7 Å². The molecule has 0 aliphatic heterocycles. The number of nitrogens with one attached hydrogen (secondary N) is 2. The van der Waals surface area contributed by atoms with E-state index < -0.39 is 11.8 Å². The van der Waals surface area contributed by atoms with E-state index in [4.69, 9.17) is 31.5 Å². The summed E-state index contributed by atoms with van der Waals surface area (Å²) in [5.74, 6) is 0.632. The molecular weight excluding hydrogens is 414 g/mol. The minimum Gasteiger partial charge on any atom is -0.357 e. The van der Waals surface area contributed by atoms with Crippen molar-refractivity contribution in [3.63, 3.8) is 0 Å². The number of hydrogen-bond donors (Lipinski definition) is 2. The molecule has 0 aliphatic carbocycles. The molecule has 2 aromatic heterocycles. The second-order valence-corrected chi connectivity index (χ2v) is 7.68. The van der Waals surface area contributed by atoms with Crippen LogP contribution >= 0.6 is 11.6 Å². The Bertz CT molecular complexity index is 1190. The second kappa shape index (κ2) is 9.43. The van der Waals surface area contributed by atoms with Crippen LogP contribution in [0.25, 0.3) is 11.2 Å². The zero-order valence-corrected chi connectivity index (χ0v) is 18.1. The fraction of sp³-hybridized carbons (Fsp3) is 0.261. The summed E-state index contributed by atoms with van der Waals surface area (Å²) in [6, 6.07) is 19.5. The van der Waals surface area contributed by atoms with Gasteiger partial charge in [0.15, 0.2) is 22.9 Å². The van der Waals surface area contributed by atoms with Crippen LogP contribution in [-0.4, -0.2) is 33.2 Å². The third kappa shape index (κ3) is 4.54. The van der Waals surface area contributed by atoms with E-state index in [1.807, 2.05) is 72.2 Å². The van der Waals surface area contributed by atoms with Gasteiger partial charge < -0.3 is 14.5 Å². The minimum atomic E-state index is -0.540. The smallest absolute Gasteiger partial charge is 0.173 e. The molecule has 8 heteroatoms. The Morgan fingerprint density at radius 3 is 2.35 bits per heavy atom. The van der Waals surface area contributed by atoms with Crippen molar-refractivity contribution in [3.05, 3.63) is 89.4 Å². The minimum absolute atomic E-state index is 0.0667. The van der Waals surface area contributed by atoms with Crippen LogP contribution in [0.1, 0.15) is 41.6 Å². The Morgan fingerprint density at radius 2 is 1.71 bits per heavy atom. The predicted molar refractivity (Wildman–Crippen MR) is 119 cm³/mol. The molecule has 2 aromatic carbocycles. The predicted octanol–water partition coefficient (Wildman–Crippen LogP) is 4.49. The van der Waals surface area contributed by atoms with Gasteiger partial charge in [-0.25, -0.2) is 9.97 Å². The average Bonchev–Trinajstić information content (AvgIpc) is 3.27. The zero-order valence-electron chi connectivity index (χ0n) is 17.3. The molecule has 0 saturated carbocycles. The number of H-pyrrole nitrogens is 1. The van der Waals surface area contributed by atoms with Crippen molar-refractivity contribution in [2.45, 2.75) is 24.6 Å². The molecule has 0 amide bonds. The fourth-order valence-electron chi connectivity index (χ4n) is 3.41. The Labute approximate surface area is 185 Å². The van der Waals surface area contributed by atoms with E-state index in [0.717, 1.165) is 11.1 Å². The first-order chi connectivity index (χ1) is 15.1. The van der Waals surface area contributed by atoms with Crippen molar-refractivity contribution in [1.29, 1.82) is 5.41 Å². The van der Waals surface area contributed by atoms with Crippen molar-refractivity contribution in [3.8, 4) is 0 Å². The Hall–Kier alpha value is -3.00. The normalized spacial score (nSPS) is 14.4. The highest BCUT2D eigenvalue weighted by atomic mass is 35.5. The lowest BCUT2D eigenvalue weighted by molar-refractivity contribution is 0.0804. The summed E-state index contributed by atoms with van der Waals surface area (Å²) in [6.07, 6.45) is 1.17. The molecule has 4 aromatic rings. The van der Waals surface area contributed by atoms with E-state index >= 15 is 0 Å². The first-order valence-corrected chi connectivity index (χ1v) is 10.4.